The second-order valence-corrected chi connectivity index (χ2v) is 6.18. The van der Waals surface area contributed by atoms with E-state index < -0.39 is 0 Å². The summed E-state index contributed by atoms with van der Waals surface area (Å²) in [6.45, 7) is 7.64. The third kappa shape index (κ3) is 3.34. The maximum Gasteiger partial charge on any atom is 0.213 e. The van der Waals surface area contributed by atoms with Crippen LogP contribution in [0.2, 0.25) is 0 Å². The normalized spacial score (nSPS) is 10.7. The van der Waals surface area contributed by atoms with Gasteiger partial charge in [0.1, 0.15) is 6.54 Å². The van der Waals surface area contributed by atoms with Gasteiger partial charge in [0.05, 0.1) is 0 Å². The highest BCUT2D eigenvalue weighted by molar-refractivity contribution is 5.71. The van der Waals surface area contributed by atoms with E-state index in [1.54, 1.807) is 0 Å². The molecule has 0 N–H and O–H groups in total. The van der Waals surface area contributed by atoms with Gasteiger partial charge < -0.3 is 0 Å². The second-order valence-electron chi connectivity index (χ2n) is 6.18. The van der Waals surface area contributed by atoms with E-state index in [4.69, 9.17) is 0 Å². The van der Waals surface area contributed by atoms with Gasteiger partial charge in [-0.3, -0.25) is 0 Å². The van der Waals surface area contributed by atoms with E-state index in [-0.39, 0.29) is 0 Å². The van der Waals surface area contributed by atoms with Crippen LogP contribution in [0.4, 0.5) is 0 Å². The Kier molecular flexibility index (Phi) is 4.57. The van der Waals surface area contributed by atoms with Crippen LogP contribution < -0.4 is 4.57 Å². The number of hydrogen-bond donors (Lipinski definition) is 0. The van der Waals surface area contributed by atoms with Crippen molar-refractivity contribution in [3.8, 4) is 22.4 Å². The molecule has 1 heteroatoms. The van der Waals surface area contributed by atoms with Gasteiger partial charge >= 0.3 is 0 Å². The smallest absolute Gasteiger partial charge is 0.198 e. The van der Waals surface area contributed by atoms with Crippen molar-refractivity contribution in [2.45, 2.75) is 33.7 Å². The number of rotatable bonds is 4. The molecule has 0 aliphatic heterocycles. The Labute approximate surface area is 139 Å². The Hall–Kier alpha value is -2.41. The number of hydrogen-bond acceptors (Lipinski definition) is 0. The van der Waals surface area contributed by atoms with Crippen molar-refractivity contribution in [1.29, 1.82) is 0 Å². The van der Waals surface area contributed by atoms with E-state index in [1.165, 1.54) is 33.5 Å². The summed E-state index contributed by atoms with van der Waals surface area (Å²) in [5.74, 6) is 0. The van der Waals surface area contributed by atoms with Gasteiger partial charge in [-0.1, -0.05) is 49.4 Å². The van der Waals surface area contributed by atoms with Crippen LogP contribution in [-0.2, 0) is 6.54 Å². The van der Waals surface area contributed by atoms with Crippen LogP contribution in [0.5, 0.6) is 0 Å². The van der Waals surface area contributed by atoms with E-state index in [0.717, 1.165) is 13.0 Å². The molecule has 0 amide bonds. The summed E-state index contributed by atoms with van der Waals surface area (Å²) in [5, 5.41) is 0. The van der Waals surface area contributed by atoms with Crippen molar-refractivity contribution >= 4 is 0 Å². The maximum atomic E-state index is 2.36. The molecule has 3 rings (SSSR count). The monoisotopic (exact) mass is 302 g/mol. The molecule has 0 atom stereocenters. The predicted octanol–water partition coefficient (Wildman–Crippen LogP) is 5.33. The zero-order valence-corrected chi connectivity index (χ0v) is 14.2. The first kappa shape index (κ1) is 15.5. The molecule has 1 heterocycles. The highest BCUT2D eigenvalue weighted by Crippen LogP contribution is 2.27. The van der Waals surface area contributed by atoms with E-state index >= 15 is 0 Å². The maximum absolute atomic E-state index is 2.36. The van der Waals surface area contributed by atoms with Gasteiger partial charge in [-0.2, -0.15) is 4.57 Å². The van der Waals surface area contributed by atoms with Crippen molar-refractivity contribution < 1.29 is 4.57 Å². The number of pyridine rings is 1. The van der Waals surface area contributed by atoms with Crippen molar-refractivity contribution in [2.75, 3.05) is 0 Å². The quantitative estimate of drug-likeness (QED) is 0.573. The van der Waals surface area contributed by atoms with Gasteiger partial charge in [-0.15, -0.1) is 0 Å². The van der Waals surface area contributed by atoms with Gasteiger partial charge in [0.15, 0.2) is 6.20 Å². The standard InChI is InChI=1S/C22H24N/c1-4-13-23-14-12-17(2)15-22(23)21-11-10-20(16-18(21)3)19-8-6-5-7-9-19/h5-12,14-16H,4,13H2,1-3H3/q+1. The van der Waals surface area contributed by atoms with Crippen LogP contribution in [0.25, 0.3) is 22.4 Å². The molecular formula is C22H24N+. The molecule has 0 bridgehead atoms. The minimum absolute atomic E-state index is 1.05. The molecule has 0 saturated carbocycles. The Morgan fingerprint density at radius 1 is 0.826 bits per heavy atom. The van der Waals surface area contributed by atoms with Gasteiger partial charge in [-0.05, 0) is 42.2 Å². The molecule has 2 aromatic carbocycles. The summed E-state index contributed by atoms with van der Waals surface area (Å²) < 4.78 is 2.36. The first-order chi connectivity index (χ1) is 11.2. The van der Waals surface area contributed by atoms with Gasteiger partial charge in [0.25, 0.3) is 0 Å². The lowest BCUT2D eigenvalue weighted by molar-refractivity contribution is -0.686. The fourth-order valence-electron chi connectivity index (χ4n) is 3.06. The van der Waals surface area contributed by atoms with E-state index in [2.05, 4.69) is 92.2 Å². The zero-order chi connectivity index (χ0) is 16.2. The molecule has 23 heavy (non-hydrogen) atoms. The van der Waals surface area contributed by atoms with Crippen molar-refractivity contribution in [2.24, 2.45) is 0 Å². The van der Waals surface area contributed by atoms with Crippen molar-refractivity contribution in [1.82, 2.24) is 0 Å². The summed E-state index contributed by atoms with van der Waals surface area (Å²) in [7, 11) is 0. The van der Waals surface area contributed by atoms with Gasteiger partial charge in [-0.25, -0.2) is 0 Å². The Morgan fingerprint density at radius 3 is 2.30 bits per heavy atom. The second kappa shape index (κ2) is 6.78. The molecular weight excluding hydrogens is 278 g/mol. The van der Waals surface area contributed by atoms with E-state index in [1.807, 2.05) is 0 Å². The van der Waals surface area contributed by atoms with Crippen LogP contribution in [0.1, 0.15) is 24.5 Å². The van der Waals surface area contributed by atoms with Crippen LogP contribution in [0, 0.1) is 13.8 Å². The topological polar surface area (TPSA) is 3.88 Å². The number of benzene rings is 2. The molecule has 116 valence electrons. The third-order valence-electron chi connectivity index (χ3n) is 4.27. The first-order valence-corrected chi connectivity index (χ1v) is 8.35. The Morgan fingerprint density at radius 2 is 1.61 bits per heavy atom. The lowest BCUT2D eigenvalue weighted by atomic mass is 9.97. The SMILES string of the molecule is CCC[n+]1ccc(C)cc1-c1ccc(-c2ccccc2)cc1C. The van der Waals surface area contributed by atoms with Crippen molar-refractivity contribution in [3.63, 3.8) is 0 Å². The van der Waals surface area contributed by atoms with Crippen molar-refractivity contribution in [3.05, 3.63) is 78.0 Å². The lowest BCUT2D eigenvalue weighted by Crippen LogP contribution is -2.35. The molecule has 0 radical (unpaired) electrons. The highest BCUT2D eigenvalue weighted by Gasteiger charge is 2.15. The fraction of sp³-hybridized carbons (Fsp3) is 0.227. The first-order valence-electron chi connectivity index (χ1n) is 8.35. The lowest BCUT2D eigenvalue weighted by Gasteiger charge is -2.10. The molecule has 0 unspecified atom stereocenters. The van der Waals surface area contributed by atoms with Gasteiger partial charge in [0.2, 0.25) is 5.69 Å². The zero-order valence-electron chi connectivity index (χ0n) is 14.2. The molecule has 0 aliphatic rings. The third-order valence-corrected chi connectivity index (χ3v) is 4.27. The minimum atomic E-state index is 1.05. The predicted molar refractivity (Wildman–Crippen MR) is 97.3 cm³/mol. The Bertz CT molecular complexity index is 803. The fourth-order valence-corrected chi connectivity index (χ4v) is 3.06. The van der Waals surface area contributed by atoms with Crippen LogP contribution in [-0.4, -0.2) is 0 Å². The van der Waals surface area contributed by atoms with Gasteiger partial charge in [0, 0.05) is 24.1 Å². The molecule has 1 nitrogen and oxygen atoms in total. The summed E-state index contributed by atoms with van der Waals surface area (Å²) >= 11 is 0. The van der Waals surface area contributed by atoms with E-state index in [9.17, 15) is 0 Å². The molecule has 0 saturated heterocycles. The number of aromatic nitrogens is 1. The Balaban J connectivity index is 2.07. The number of aryl methyl sites for hydroxylation is 3. The summed E-state index contributed by atoms with van der Waals surface area (Å²) in [6.07, 6.45) is 3.35. The molecule has 0 aliphatic carbocycles. The largest absolute Gasteiger partial charge is 0.213 e. The summed E-state index contributed by atoms with van der Waals surface area (Å²) in [4.78, 5) is 0. The molecule has 0 spiro atoms. The van der Waals surface area contributed by atoms with E-state index in [0.29, 0.717) is 0 Å². The van der Waals surface area contributed by atoms with Crippen LogP contribution in [0.3, 0.4) is 0 Å². The number of nitrogens with zero attached hydrogens (tertiary/aromatic N) is 1. The molecule has 1 aromatic heterocycles. The van der Waals surface area contributed by atoms with Crippen LogP contribution in [0.15, 0.2) is 66.9 Å². The molecule has 0 fully saturated rings. The minimum Gasteiger partial charge on any atom is -0.198 e. The molecule has 3 aromatic rings. The van der Waals surface area contributed by atoms with Crippen LogP contribution >= 0.6 is 0 Å². The average Bonchev–Trinajstić information content (AvgIpc) is 2.57. The average molecular weight is 302 g/mol. The summed E-state index contributed by atoms with van der Waals surface area (Å²) in [5.41, 5.74) is 7.81. The highest BCUT2D eigenvalue weighted by atomic mass is 14.9. The summed E-state index contributed by atoms with van der Waals surface area (Å²) in [6, 6.07) is 21.8.